The normalized spacial score (nSPS) is 18.0. The average molecular weight is 328 g/mol. The fraction of sp³-hybridized carbons (Fsp3) is 0.471. The second-order valence-corrected chi connectivity index (χ2v) is 6.23. The van der Waals surface area contributed by atoms with Crippen LogP contribution in [0, 0.1) is 0 Å². The van der Waals surface area contributed by atoms with E-state index in [2.05, 4.69) is 15.1 Å². The summed E-state index contributed by atoms with van der Waals surface area (Å²) in [4.78, 5) is 35.0. The Morgan fingerprint density at radius 2 is 2.17 bits per heavy atom. The smallest absolute Gasteiger partial charge is 0.295 e. The van der Waals surface area contributed by atoms with Crippen molar-refractivity contribution in [2.24, 2.45) is 0 Å². The summed E-state index contributed by atoms with van der Waals surface area (Å²) in [5.74, 6) is 0.0650. The van der Waals surface area contributed by atoms with Gasteiger partial charge in [0.1, 0.15) is 6.04 Å². The summed E-state index contributed by atoms with van der Waals surface area (Å²) in [6, 6.07) is 2.89. The number of carbonyl (C=O) groups is 2. The van der Waals surface area contributed by atoms with Gasteiger partial charge in [-0.2, -0.15) is 4.98 Å². The zero-order valence-corrected chi connectivity index (χ0v) is 13.8. The molecule has 3 heterocycles. The Balaban J connectivity index is 1.83. The number of rotatable bonds is 4. The van der Waals surface area contributed by atoms with Crippen LogP contribution in [0.3, 0.4) is 0 Å². The summed E-state index contributed by atoms with van der Waals surface area (Å²) in [6.45, 7) is 4.46. The van der Waals surface area contributed by atoms with Crippen molar-refractivity contribution < 1.29 is 14.1 Å². The van der Waals surface area contributed by atoms with Gasteiger partial charge in [-0.05, 0) is 31.4 Å². The zero-order chi connectivity index (χ0) is 17.1. The highest BCUT2D eigenvalue weighted by atomic mass is 16.5. The van der Waals surface area contributed by atoms with Crippen molar-refractivity contribution in [1.29, 1.82) is 0 Å². The molecule has 2 aromatic rings. The molecule has 7 nitrogen and oxygen atoms in total. The lowest BCUT2D eigenvalue weighted by Gasteiger charge is -2.32. The summed E-state index contributed by atoms with van der Waals surface area (Å²) in [5, 5.41) is 3.97. The van der Waals surface area contributed by atoms with Crippen LogP contribution in [-0.2, 0) is 4.79 Å². The Morgan fingerprint density at radius 1 is 1.33 bits per heavy atom. The van der Waals surface area contributed by atoms with Crippen LogP contribution in [0.1, 0.15) is 67.1 Å². The van der Waals surface area contributed by atoms with Gasteiger partial charge in [-0.15, -0.1) is 0 Å². The highest BCUT2D eigenvalue weighted by molar-refractivity contribution is 6.42. The number of nitrogens with zero attached hydrogens (tertiary/aromatic N) is 4. The van der Waals surface area contributed by atoms with E-state index in [1.165, 1.54) is 6.20 Å². The van der Waals surface area contributed by atoms with Crippen molar-refractivity contribution in [3.63, 3.8) is 0 Å². The molecule has 0 spiro atoms. The molecule has 1 amide bonds. The van der Waals surface area contributed by atoms with Gasteiger partial charge in [0, 0.05) is 30.4 Å². The molecule has 0 bridgehead atoms. The lowest BCUT2D eigenvalue weighted by molar-refractivity contribution is -0.130. The van der Waals surface area contributed by atoms with Gasteiger partial charge in [0.25, 0.3) is 11.7 Å². The molecular formula is C17H20N4O3. The number of hydrogen-bond donors (Lipinski definition) is 0. The third-order valence-electron chi connectivity index (χ3n) is 4.14. The van der Waals surface area contributed by atoms with E-state index in [0.29, 0.717) is 30.2 Å². The van der Waals surface area contributed by atoms with Gasteiger partial charge in [0.05, 0.1) is 0 Å². The van der Waals surface area contributed by atoms with Crippen molar-refractivity contribution in [2.75, 3.05) is 6.54 Å². The topological polar surface area (TPSA) is 89.2 Å². The second-order valence-electron chi connectivity index (χ2n) is 6.23. The van der Waals surface area contributed by atoms with E-state index in [4.69, 9.17) is 4.52 Å². The first-order chi connectivity index (χ1) is 11.6. The Hall–Kier alpha value is -2.57. The highest BCUT2D eigenvalue weighted by Crippen LogP contribution is 2.31. The van der Waals surface area contributed by atoms with Crippen LogP contribution in [0.5, 0.6) is 0 Å². The van der Waals surface area contributed by atoms with E-state index in [9.17, 15) is 9.59 Å². The molecule has 0 saturated carbocycles. The second kappa shape index (κ2) is 6.90. The van der Waals surface area contributed by atoms with Crippen LogP contribution in [0.2, 0.25) is 0 Å². The number of Topliss-reactive ketones (excluding diaryl/α,β-unsaturated/α-hetero) is 1. The fourth-order valence-electron chi connectivity index (χ4n) is 2.80. The van der Waals surface area contributed by atoms with Gasteiger partial charge in [-0.3, -0.25) is 14.6 Å². The summed E-state index contributed by atoms with van der Waals surface area (Å²) < 4.78 is 5.35. The monoisotopic (exact) mass is 328 g/mol. The molecule has 1 fully saturated rings. The Bertz CT molecular complexity index is 726. The highest BCUT2D eigenvalue weighted by Gasteiger charge is 2.35. The zero-order valence-electron chi connectivity index (χ0n) is 13.8. The van der Waals surface area contributed by atoms with Crippen molar-refractivity contribution in [3.05, 3.63) is 41.8 Å². The quantitative estimate of drug-likeness (QED) is 0.633. The maximum atomic E-state index is 12.7. The number of pyridine rings is 1. The van der Waals surface area contributed by atoms with Crippen LogP contribution < -0.4 is 0 Å². The molecule has 3 rings (SSSR count). The SMILES string of the molecule is CC(C)c1noc([C@H]2CCCCN2C(=O)C(=O)c2cccnc2)n1. The summed E-state index contributed by atoms with van der Waals surface area (Å²) in [7, 11) is 0. The molecule has 2 aromatic heterocycles. The van der Waals surface area contributed by atoms with Crippen LogP contribution in [0.15, 0.2) is 29.0 Å². The van der Waals surface area contributed by atoms with E-state index >= 15 is 0 Å². The number of piperidine rings is 1. The molecule has 1 aliphatic rings. The predicted molar refractivity (Wildman–Crippen MR) is 85.3 cm³/mol. The molecule has 0 radical (unpaired) electrons. The van der Waals surface area contributed by atoms with Crippen LogP contribution in [0.4, 0.5) is 0 Å². The Labute approximate surface area is 140 Å². The van der Waals surface area contributed by atoms with E-state index < -0.39 is 11.7 Å². The predicted octanol–water partition coefficient (Wildman–Crippen LogP) is 2.52. The standard InChI is InChI=1S/C17H20N4O3/c1-11(2)15-19-16(24-20-15)13-7-3-4-9-21(13)17(23)14(22)12-6-5-8-18-10-12/h5-6,8,10-11,13H,3-4,7,9H2,1-2H3/t13-/m1/s1. The molecule has 126 valence electrons. The summed E-state index contributed by atoms with van der Waals surface area (Å²) in [6.07, 6.45) is 5.49. The molecule has 0 unspecified atom stereocenters. The molecular weight excluding hydrogens is 308 g/mol. The van der Waals surface area contributed by atoms with Crippen LogP contribution in [-0.4, -0.2) is 38.3 Å². The number of ketones is 1. The van der Waals surface area contributed by atoms with Crippen molar-refractivity contribution in [2.45, 2.75) is 45.1 Å². The van der Waals surface area contributed by atoms with Crippen molar-refractivity contribution >= 4 is 11.7 Å². The van der Waals surface area contributed by atoms with Crippen LogP contribution in [0.25, 0.3) is 0 Å². The number of likely N-dealkylation sites (tertiary alicyclic amines) is 1. The van der Waals surface area contributed by atoms with Gasteiger partial charge in [-0.1, -0.05) is 19.0 Å². The van der Waals surface area contributed by atoms with Gasteiger partial charge >= 0.3 is 0 Å². The van der Waals surface area contributed by atoms with E-state index in [-0.39, 0.29) is 12.0 Å². The van der Waals surface area contributed by atoms with E-state index in [0.717, 1.165) is 12.8 Å². The molecule has 1 atom stereocenters. The van der Waals surface area contributed by atoms with Gasteiger partial charge in [-0.25, -0.2) is 0 Å². The van der Waals surface area contributed by atoms with E-state index in [1.807, 2.05) is 13.8 Å². The van der Waals surface area contributed by atoms with E-state index in [1.54, 1.807) is 23.2 Å². The largest absolute Gasteiger partial charge is 0.337 e. The molecule has 24 heavy (non-hydrogen) atoms. The number of amides is 1. The first-order valence-corrected chi connectivity index (χ1v) is 8.16. The van der Waals surface area contributed by atoms with Gasteiger partial charge < -0.3 is 9.42 Å². The lowest BCUT2D eigenvalue weighted by atomic mass is 10.0. The number of aromatic nitrogens is 3. The third-order valence-corrected chi connectivity index (χ3v) is 4.14. The van der Waals surface area contributed by atoms with Crippen molar-refractivity contribution in [3.8, 4) is 0 Å². The van der Waals surface area contributed by atoms with Gasteiger partial charge in [0.2, 0.25) is 5.89 Å². The minimum atomic E-state index is -0.557. The minimum Gasteiger partial charge on any atom is -0.337 e. The summed E-state index contributed by atoms with van der Waals surface area (Å²) in [5.41, 5.74) is 0.292. The molecule has 0 N–H and O–H groups in total. The minimum absolute atomic E-state index is 0.146. The maximum Gasteiger partial charge on any atom is 0.295 e. The van der Waals surface area contributed by atoms with Crippen LogP contribution >= 0.6 is 0 Å². The average Bonchev–Trinajstić information content (AvgIpc) is 3.11. The molecule has 1 aliphatic heterocycles. The Morgan fingerprint density at radius 3 is 2.83 bits per heavy atom. The Kier molecular flexibility index (Phi) is 4.69. The van der Waals surface area contributed by atoms with Crippen molar-refractivity contribution in [1.82, 2.24) is 20.0 Å². The molecule has 0 aromatic carbocycles. The number of carbonyl (C=O) groups excluding carboxylic acids is 2. The number of hydrogen-bond acceptors (Lipinski definition) is 6. The first-order valence-electron chi connectivity index (χ1n) is 8.16. The molecule has 0 aliphatic carbocycles. The van der Waals surface area contributed by atoms with Gasteiger partial charge in [0.15, 0.2) is 5.82 Å². The third kappa shape index (κ3) is 3.20. The first kappa shape index (κ1) is 16.3. The lowest BCUT2D eigenvalue weighted by Crippen LogP contribution is -2.42. The fourth-order valence-corrected chi connectivity index (χ4v) is 2.80. The maximum absolute atomic E-state index is 12.7. The summed E-state index contributed by atoms with van der Waals surface area (Å²) >= 11 is 0. The molecule has 1 saturated heterocycles. The molecule has 7 heteroatoms.